The highest BCUT2D eigenvalue weighted by Gasteiger charge is 2.42. The second-order valence-corrected chi connectivity index (χ2v) is 9.27. The minimum absolute atomic E-state index is 0.0331. The van der Waals surface area contributed by atoms with Gasteiger partial charge >= 0.3 is 0 Å². The average Bonchev–Trinajstić information content (AvgIpc) is 3.36. The van der Waals surface area contributed by atoms with Crippen LogP contribution in [0.4, 0.5) is 5.95 Å². The van der Waals surface area contributed by atoms with E-state index in [1.54, 1.807) is 25.1 Å². The zero-order chi connectivity index (χ0) is 22.2. The summed E-state index contributed by atoms with van der Waals surface area (Å²) in [4.78, 5) is 13.7. The molecule has 2 aliphatic heterocycles. The Morgan fingerprint density at radius 1 is 1.19 bits per heavy atom. The summed E-state index contributed by atoms with van der Waals surface area (Å²) in [6.07, 6.45) is 3.81. The molecule has 5 rings (SSSR count). The molecule has 3 aromatic rings. The first-order valence-corrected chi connectivity index (χ1v) is 11.5. The third-order valence-corrected chi connectivity index (χ3v) is 7.08. The van der Waals surface area contributed by atoms with Crippen LogP contribution in [-0.2, 0) is 11.3 Å². The highest BCUT2D eigenvalue weighted by molar-refractivity contribution is 8.15. The van der Waals surface area contributed by atoms with Gasteiger partial charge in [0.1, 0.15) is 5.75 Å². The molecule has 0 aliphatic carbocycles. The molecule has 1 aromatic carbocycles. The number of aromatic nitrogens is 4. The summed E-state index contributed by atoms with van der Waals surface area (Å²) in [7, 11) is 1.67. The molecule has 1 N–H and O–H groups in total. The van der Waals surface area contributed by atoms with Gasteiger partial charge in [-0.05, 0) is 44.5 Å². The number of methoxy groups -OCH3 is 1. The van der Waals surface area contributed by atoms with E-state index in [1.807, 2.05) is 29.8 Å². The van der Waals surface area contributed by atoms with Gasteiger partial charge in [0.2, 0.25) is 5.95 Å². The Kier molecular flexibility index (Phi) is 5.60. The lowest BCUT2D eigenvalue weighted by Gasteiger charge is -2.21. The minimum Gasteiger partial charge on any atom is -0.497 e. The van der Waals surface area contributed by atoms with Crippen LogP contribution in [0.2, 0.25) is 0 Å². The first kappa shape index (κ1) is 21.0. The van der Waals surface area contributed by atoms with Gasteiger partial charge in [0, 0.05) is 23.7 Å². The summed E-state index contributed by atoms with van der Waals surface area (Å²) < 4.78 is 13.6. The van der Waals surface area contributed by atoms with Gasteiger partial charge in [-0.15, -0.1) is 0 Å². The number of aliphatic imine (C=N–C) groups is 1. The van der Waals surface area contributed by atoms with E-state index in [1.165, 1.54) is 0 Å². The maximum absolute atomic E-state index is 6.32. The topological polar surface area (TPSA) is 86.5 Å². The van der Waals surface area contributed by atoms with Gasteiger partial charge in [-0.25, -0.2) is 9.97 Å². The maximum atomic E-state index is 6.32. The molecule has 9 heteroatoms. The second-order valence-electron chi connectivity index (χ2n) is 8.11. The molecule has 4 atom stereocenters. The van der Waals surface area contributed by atoms with Crippen LogP contribution < -0.4 is 10.1 Å². The molecule has 0 radical (unpaired) electrons. The fourth-order valence-corrected chi connectivity index (χ4v) is 5.32. The van der Waals surface area contributed by atoms with Gasteiger partial charge in [-0.3, -0.25) is 9.67 Å². The molecule has 4 heterocycles. The molecule has 4 unspecified atom stereocenters. The predicted octanol–water partition coefficient (Wildman–Crippen LogP) is 4.14. The number of rotatable bonds is 4. The van der Waals surface area contributed by atoms with Crippen LogP contribution in [0.3, 0.4) is 0 Å². The minimum atomic E-state index is -0.0879. The van der Waals surface area contributed by atoms with Crippen molar-refractivity contribution < 1.29 is 9.47 Å². The van der Waals surface area contributed by atoms with Gasteiger partial charge < -0.3 is 14.8 Å². The number of hydrogen-bond acceptors (Lipinski definition) is 8. The molecule has 2 aliphatic rings. The summed E-state index contributed by atoms with van der Waals surface area (Å²) in [5.41, 5.74) is 4.14. The predicted molar refractivity (Wildman–Crippen MR) is 125 cm³/mol. The van der Waals surface area contributed by atoms with Crippen molar-refractivity contribution in [2.75, 3.05) is 12.4 Å². The van der Waals surface area contributed by atoms with E-state index in [0.29, 0.717) is 12.5 Å². The van der Waals surface area contributed by atoms with E-state index in [9.17, 15) is 0 Å². The lowest BCUT2D eigenvalue weighted by molar-refractivity contribution is 0.00752. The van der Waals surface area contributed by atoms with Gasteiger partial charge in [-0.1, -0.05) is 23.9 Å². The smallest absolute Gasteiger partial charge is 0.228 e. The van der Waals surface area contributed by atoms with Crippen LogP contribution in [0.15, 0.2) is 47.7 Å². The average molecular weight is 451 g/mol. The number of nitrogens with zero attached hydrogens (tertiary/aromatic N) is 5. The van der Waals surface area contributed by atoms with Gasteiger partial charge in [0.05, 0.1) is 42.8 Å². The van der Waals surface area contributed by atoms with Crippen LogP contribution in [0, 0.1) is 6.92 Å². The number of amidine groups is 1. The Morgan fingerprint density at radius 3 is 2.75 bits per heavy atom. The Labute approximate surface area is 191 Å². The van der Waals surface area contributed by atoms with Crippen molar-refractivity contribution in [1.82, 2.24) is 19.7 Å². The van der Waals surface area contributed by atoms with Crippen molar-refractivity contribution >= 4 is 22.9 Å². The quantitative estimate of drug-likeness (QED) is 0.639. The zero-order valence-corrected chi connectivity index (χ0v) is 19.3. The Bertz CT molecular complexity index is 1150. The Balaban J connectivity index is 1.43. The lowest BCUT2D eigenvalue weighted by Crippen LogP contribution is -2.25. The summed E-state index contributed by atoms with van der Waals surface area (Å²) in [5, 5.41) is 9.12. The summed E-state index contributed by atoms with van der Waals surface area (Å²) in [5.74, 6) is 1.41. The van der Waals surface area contributed by atoms with E-state index in [4.69, 9.17) is 19.6 Å². The van der Waals surface area contributed by atoms with E-state index in [-0.39, 0.29) is 23.5 Å². The van der Waals surface area contributed by atoms with Crippen molar-refractivity contribution in [3.63, 3.8) is 0 Å². The molecule has 0 amide bonds. The summed E-state index contributed by atoms with van der Waals surface area (Å²) >= 11 is 1.68. The van der Waals surface area contributed by atoms with Crippen LogP contribution in [0.1, 0.15) is 48.5 Å². The molecule has 0 fully saturated rings. The molecule has 2 aromatic heterocycles. The first-order valence-electron chi connectivity index (χ1n) is 10.7. The largest absolute Gasteiger partial charge is 0.497 e. The highest BCUT2D eigenvalue weighted by atomic mass is 32.2. The van der Waals surface area contributed by atoms with Crippen molar-refractivity contribution in [2.24, 2.45) is 4.99 Å². The number of fused-ring (bicyclic) bond motifs is 3. The number of thioether (sulfide) groups is 1. The van der Waals surface area contributed by atoms with Crippen molar-refractivity contribution in [3.8, 4) is 5.75 Å². The lowest BCUT2D eigenvalue weighted by atomic mass is 10.0. The van der Waals surface area contributed by atoms with Crippen molar-refractivity contribution in [2.45, 2.75) is 50.8 Å². The molecule has 0 saturated heterocycles. The highest BCUT2D eigenvalue weighted by Crippen LogP contribution is 2.46. The summed E-state index contributed by atoms with van der Waals surface area (Å²) in [6, 6.07) is 9.90. The summed E-state index contributed by atoms with van der Waals surface area (Å²) in [6.45, 7) is 6.80. The number of hydrogen-bond donors (Lipinski definition) is 1. The van der Waals surface area contributed by atoms with Crippen LogP contribution >= 0.6 is 11.8 Å². The number of ether oxygens (including phenoxy) is 2. The van der Waals surface area contributed by atoms with Crippen LogP contribution in [0.5, 0.6) is 5.75 Å². The molecule has 0 saturated carbocycles. The Hall–Kier alpha value is -2.91. The maximum Gasteiger partial charge on any atom is 0.228 e. The number of benzene rings is 1. The molecule has 8 nitrogen and oxygen atoms in total. The van der Waals surface area contributed by atoms with E-state index < -0.39 is 0 Å². The monoisotopic (exact) mass is 450 g/mol. The number of nitrogens with one attached hydrogen (secondary N) is 1. The van der Waals surface area contributed by atoms with E-state index in [0.717, 1.165) is 33.4 Å². The fraction of sp³-hybridized carbons (Fsp3) is 0.391. The van der Waals surface area contributed by atoms with Gasteiger partial charge in [0.15, 0.2) is 5.17 Å². The molecular formula is C23H26N6O2S. The molecule has 166 valence electrons. The zero-order valence-electron chi connectivity index (χ0n) is 18.5. The third kappa shape index (κ3) is 4.10. The SMILES string of the molecule is COc1ccc(Cn2cc3c(n2)C(C)OC(C)C2SC(Nc4nccc(C)n4)=NC32)cc1. The molecular weight excluding hydrogens is 424 g/mol. The van der Waals surface area contributed by atoms with E-state index in [2.05, 4.69) is 47.5 Å². The normalized spacial score (nSPS) is 24.3. The molecule has 0 bridgehead atoms. The number of anilines is 1. The molecule has 0 spiro atoms. The van der Waals surface area contributed by atoms with E-state index >= 15 is 0 Å². The van der Waals surface area contributed by atoms with Crippen LogP contribution in [-0.4, -0.2) is 43.4 Å². The molecule has 32 heavy (non-hydrogen) atoms. The van der Waals surface area contributed by atoms with Crippen LogP contribution in [0.25, 0.3) is 0 Å². The van der Waals surface area contributed by atoms with Crippen molar-refractivity contribution in [1.29, 1.82) is 0 Å². The first-order chi connectivity index (χ1) is 15.5. The standard InChI is InChI=1S/C23H26N6O2S/c1-13-9-10-24-22(25-13)27-23-26-20-18-12-29(11-16-5-7-17(30-4)8-6-16)28-19(18)14(2)31-15(3)21(20)32-23/h5-10,12,14-15,20-21H,11H2,1-4H3,(H,24,25,26,27). The van der Waals surface area contributed by atoms with Crippen molar-refractivity contribution in [3.05, 3.63) is 65.2 Å². The Morgan fingerprint density at radius 2 is 2.00 bits per heavy atom. The fourth-order valence-electron chi connectivity index (χ4n) is 4.15. The number of aryl methyl sites for hydroxylation is 1. The van der Waals surface area contributed by atoms with Gasteiger partial charge in [-0.2, -0.15) is 5.10 Å². The van der Waals surface area contributed by atoms with Gasteiger partial charge in [0.25, 0.3) is 0 Å². The third-order valence-electron chi connectivity index (χ3n) is 5.74. The second kappa shape index (κ2) is 8.55.